The molecule has 1 aliphatic heterocycles. The Morgan fingerprint density at radius 2 is 2.22 bits per heavy atom. The molecule has 1 aromatic rings. The van der Waals surface area contributed by atoms with Crippen molar-refractivity contribution >= 4 is 15.9 Å². The predicted octanol–water partition coefficient (Wildman–Crippen LogP) is 0.615. The normalized spacial score (nSPS) is 23.7. The average molecular weight is 272 g/mol. The summed E-state index contributed by atoms with van der Waals surface area (Å²) in [5.41, 5.74) is -0.605. The zero-order valence-corrected chi connectivity index (χ0v) is 11.1. The lowest BCUT2D eigenvalue weighted by atomic mass is 9.88. The molecule has 0 radical (unpaired) electrons. The standard InChI is InChI=1S/C11H16N2O4S/c1-11(2)9(3-4-10(14)12-11)13-18(15,16)8-5-6-17-7-8/h5-7,9,13H,3-4H2,1-2H3,(H,12,14). The first-order chi connectivity index (χ1) is 8.31. The molecule has 1 atom stereocenters. The minimum absolute atomic E-state index is 0.0567. The second-order valence-corrected chi connectivity index (χ2v) is 6.66. The lowest BCUT2D eigenvalue weighted by Crippen LogP contribution is -2.61. The number of carbonyl (C=O) groups excluding carboxylic acids is 1. The molecule has 100 valence electrons. The second-order valence-electron chi connectivity index (χ2n) is 4.94. The Hall–Kier alpha value is -1.34. The van der Waals surface area contributed by atoms with E-state index in [1.54, 1.807) is 13.8 Å². The molecule has 2 rings (SSSR count). The summed E-state index contributed by atoms with van der Waals surface area (Å²) in [6, 6.07) is 1.05. The van der Waals surface area contributed by atoms with Crippen LogP contribution in [0.25, 0.3) is 0 Å². The van der Waals surface area contributed by atoms with Crippen LogP contribution in [0, 0.1) is 0 Å². The fourth-order valence-corrected chi connectivity index (χ4v) is 3.35. The summed E-state index contributed by atoms with van der Waals surface area (Å²) in [6.07, 6.45) is 3.29. The van der Waals surface area contributed by atoms with Gasteiger partial charge in [-0.05, 0) is 26.3 Å². The van der Waals surface area contributed by atoms with Gasteiger partial charge < -0.3 is 9.73 Å². The van der Waals surface area contributed by atoms with Gasteiger partial charge in [0.1, 0.15) is 11.2 Å². The van der Waals surface area contributed by atoms with Crippen LogP contribution in [0.4, 0.5) is 0 Å². The SMILES string of the molecule is CC1(C)NC(=O)CCC1NS(=O)(=O)c1ccoc1. The Morgan fingerprint density at radius 1 is 1.50 bits per heavy atom. The molecule has 7 heteroatoms. The summed E-state index contributed by atoms with van der Waals surface area (Å²) in [4.78, 5) is 11.4. The van der Waals surface area contributed by atoms with E-state index in [2.05, 4.69) is 10.0 Å². The van der Waals surface area contributed by atoms with Gasteiger partial charge in [-0.1, -0.05) is 0 Å². The third-order valence-electron chi connectivity index (χ3n) is 3.10. The Labute approximate surface area is 106 Å². The summed E-state index contributed by atoms with van der Waals surface area (Å²) >= 11 is 0. The molecule has 6 nitrogen and oxygen atoms in total. The lowest BCUT2D eigenvalue weighted by Gasteiger charge is -2.39. The summed E-state index contributed by atoms with van der Waals surface area (Å²) in [5.74, 6) is -0.0567. The van der Waals surface area contributed by atoms with Crippen LogP contribution in [-0.4, -0.2) is 25.9 Å². The number of amides is 1. The molecule has 1 unspecified atom stereocenters. The molecular formula is C11H16N2O4S. The van der Waals surface area contributed by atoms with Crippen molar-refractivity contribution in [2.24, 2.45) is 0 Å². The van der Waals surface area contributed by atoms with E-state index in [1.165, 1.54) is 18.6 Å². The first kappa shape index (κ1) is 13.1. The molecule has 2 heterocycles. The highest BCUT2D eigenvalue weighted by Gasteiger charge is 2.38. The van der Waals surface area contributed by atoms with Gasteiger partial charge in [0.15, 0.2) is 0 Å². The van der Waals surface area contributed by atoms with Gasteiger partial charge in [-0.25, -0.2) is 13.1 Å². The Balaban J connectivity index is 2.17. The molecule has 0 bridgehead atoms. The van der Waals surface area contributed by atoms with E-state index in [1.807, 2.05) is 0 Å². The van der Waals surface area contributed by atoms with Crippen molar-refractivity contribution in [1.29, 1.82) is 0 Å². The molecule has 0 aliphatic carbocycles. The van der Waals surface area contributed by atoms with Gasteiger partial charge in [-0.2, -0.15) is 0 Å². The number of sulfonamides is 1. The largest absolute Gasteiger partial charge is 0.471 e. The monoisotopic (exact) mass is 272 g/mol. The van der Waals surface area contributed by atoms with E-state index in [4.69, 9.17) is 4.42 Å². The molecule has 18 heavy (non-hydrogen) atoms. The average Bonchev–Trinajstić information content (AvgIpc) is 2.75. The number of piperidine rings is 1. The van der Waals surface area contributed by atoms with Crippen LogP contribution < -0.4 is 10.0 Å². The van der Waals surface area contributed by atoms with Crippen molar-refractivity contribution in [2.45, 2.75) is 43.2 Å². The summed E-state index contributed by atoms with van der Waals surface area (Å²) in [5, 5.41) is 2.78. The molecule has 1 fully saturated rings. The molecule has 0 spiro atoms. The van der Waals surface area contributed by atoms with E-state index in [0.29, 0.717) is 12.8 Å². The fraction of sp³-hybridized carbons (Fsp3) is 0.545. The van der Waals surface area contributed by atoms with Crippen LogP contribution in [0.15, 0.2) is 27.9 Å². The van der Waals surface area contributed by atoms with Gasteiger partial charge in [-0.15, -0.1) is 0 Å². The lowest BCUT2D eigenvalue weighted by molar-refractivity contribution is -0.125. The number of rotatable bonds is 3. The Kier molecular flexibility index (Phi) is 3.20. The van der Waals surface area contributed by atoms with Crippen LogP contribution in [0.5, 0.6) is 0 Å². The third-order valence-corrected chi connectivity index (χ3v) is 4.54. The van der Waals surface area contributed by atoms with Crippen molar-refractivity contribution in [3.63, 3.8) is 0 Å². The maximum Gasteiger partial charge on any atom is 0.244 e. The Morgan fingerprint density at radius 3 is 2.78 bits per heavy atom. The van der Waals surface area contributed by atoms with Crippen LogP contribution in [0.3, 0.4) is 0 Å². The van der Waals surface area contributed by atoms with Crippen molar-refractivity contribution in [3.05, 3.63) is 18.6 Å². The highest BCUT2D eigenvalue weighted by atomic mass is 32.2. The van der Waals surface area contributed by atoms with Crippen molar-refractivity contribution in [2.75, 3.05) is 0 Å². The number of nitrogens with one attached hydrogen (secondary N) is 2. The minimum atomic E-state index is -3.60. The zero-order chi connectivity index (χ0) is 13.4. The van der Waals surface area contributed by atoms with Crippen LogP contribution >= 0.6 is 0 Å². The molecule has 1 aromatic heterocycles. The van der Waals surface area contributed by atoms with Crippen molar-refractivity contribution in [3.8, 4) is 0 Å². The zero-order valence-electron chi connectivity index (χ0n) is 10.3. The highest BCUT2D eigenvalue weighted by Crippen LogP contribution is 2.22. The van der Waals surface area contributed by atoms with Gasteiger partial charge >= 0.3 is 0 Å². The molecular weight excluding hydrogens is 256 g/mol. The van der Waals surface area contributed by atoms with Crippen LogP contribution in [0.2, 0.25) is 0 Å². The number of carbonyl (C=O) groups is 1. The number of furan rings is 1. The van der Waals surface area contributed by atoms with Gasteiger partial charge in [0, 0.05) is 12.5 Å². The van der Waals surface area contributed by atoms with Gasteiger partial charge in [0.05, 0.1) is 11.8 Å². The second kappa shape index (κ2) is 4.40. The molecule has 1 amide bonds. The maximum absolute atomic E-state index is 12.0. The topological polar surface area (TPSA) is 88.4 Å². The van der Waals surface area contributed by atoms with E-state index in [9.17, 15) is 13.2 Å². The van der Waals surface area contributed by atoms with Gasteiger partial charge in [0.2, 0.25) is 15.9 Å². The summed E-state index contributed by atoms with van der Waals surface area (Å²) in [6.45, 7) is 3.60. The smallest absolute Gasteiger partial charge is 0.244 e. The maximum atomic E-state index is 12.0. The van der Waals surface area contributed by atoms with Crippen molar-refractivity contribution in [1.82, 2.24) is 10.0 Å². The highest BCUT2D eigenvalue weighted by molar-refractivity contribution is 7.89. The van der Waals surface area contributed by atoms with Crippen LogP contribution in [-0.2, 0) is 14.8 Å². The molecule has 1 aliphatic rings. The first-order valence-electron chi connectivity index (χ1n) is 5.67. The summed E-state index contributed by atoms with van der Waals surface area (Å²) < 4.78 is 31.5. The number of hydrogen-bond acceptors (Lipinski definition) is 4. The molecule has 1 saturated heterocycles. The first-order valence-corrected chi connectivity index (χ1v) is 7.15. The van der Waals surface area contributed by atoms with E-state index >= 15 is 0 Å². The van der Waals surface area contributed by atoms with Crippen LogP contribution in [0.1, 0.15) is 26.7 Å². The van der Waals surface area contributed by atoms with Crippen molar-refractivity contribution < 1.29 is 17.6 Å². The fourth-order valence-electron chi connectivity index (χ4n) is 2.01. The van der Waals surface area contributed by atoms with Gasteiger partial charge in [-0.3, -0.25) is 4.79 Å². The third kappa shape index (κ3) is 2.56. The predicted molar refractivity (Wildman–Crippen MR) is 64.3 cm³/mol. The number of hydrogen-bond donors (Lipinski definition) is 2. The van der Waals surface area contributed by atoms with E-state index in [0.717, 1.165) is 0 Å². The van der Waals surface area contributed by atoms with E-state index in [-0.39, 0.29) is 16.8 Å². The van der Waals surface area contributed by atoms with Gasteiger partial charge in [0.25, 0.3) is 0 Å². The molecule has 0 aromatic carbocycles. The minimum Gasteiger partial charge on any atom is -0.471 e. The molecule has 0 saturated carbocycles. The Bertz CT molecular complexity index is 533. The molecule has 2 N–H and O–H groups in total. The quantitative estimate of drug-likeness (QED) is 0.844. The van der Waals surface area contributed by atoms with E-state index < -0.39 is 15.6 Å². The summed E-state index contributed by atoms with van der Waals surface area (Å²) in [7, 11) is -3.60.